The maximum absolute atomic E-state index is 12.1. The summed E-state index contributed by atoms with van der Waals surface area (Å²) in [5.74, 6) is -0.748. The lowest BCUT2D eigenvalue weighted by atomic mass is 9.82. The number of hydrogen-bond donors (Lipinski definition) is 2. The number of benzene rings is 1. The Hall–Kier alpha value is -2.54. The zero-order valence-corrected chi connectivity index (χ0v) is 17.0. The molecule has 29 heavy (non-hydrogen) atoms. The summed E-state index contributed by atoms with van der Waals surface area (Å²) in [5.41, 5.74) is 0.752. The molecule has 1 aliphatic carbocycles. The molecule has 1 saturated carbocycles. The second kappa shape index (κ2) is 9.31. The van der Waals surface area contributed by atoms with Crippen molar-refractivity contribution in [3.63, 3.8) is 0 Å². The normalized spacial score (nSPS) is 19.1. The number of carboxylic acids is 1. The Morgan fingerprint density at radius 3 is 2.62 bits per heavy atom. The first-order chi connectivity index (χ1) is 13.9. The number of aryl methyl sites for hydroxylation is 1. The van der Waals surface area contributed by atoms with Gasteiger partial charge in [-0.1, -0.05) is 18.5 Å². The number of amides is 1. The van der Waals surface area contributed by atoms with E-state index in [9.17, 15) is 14.4 Å². The quantitative estimate of drug-likeness (QED) is 0.664. The molecule has 0 aliphatic heterocycles. The highest BCUT2D eigenvalue weighted by Crippen LogP contribution is 2.31. The molecular weight excluding hydrogens is 398 g/mol. The van der Waals surface area contributed by atoms with Crippen LogP contribution in [0.1, 0.15) is 38.2 Å². The molecule has 8 heteroatoms. The molecule has 0 radical (unpaired) electrons. The molecule has 156 valence electrons. The van der Waals surface area contributed by atoms with Crippen LogP contribution in [0, 0.1) is 11.8 Å². The van der Waals surface area contributed by atoms with Crippen LogP contribution in [0.15, 0.2) is 27.4 Å². The number of hydrogen-bond acceptors (Lipinski definition) is 5. The summed E-state index contributed by atoms with van der Waals surface area (Å²) >= 11 is 6.27. The number of carbonyl (C=O) groups is 2. The van der Waals surface area contributed by atoms with Crippen LogP contribution in [0.5, 0.6) is 5.75 Å². The molecule has 0 saturated heterocycles. The van der Waals surface area contributed by atoms with Crippen LogP contribution < -0.4 is 15.7 Å². The number of aliphatic carboxylic acids is 1. The van der Waals surface area contributed by atoms with Crippen molar-refractivity contribution in [2.45, 2.75) is 39.0 Å². The molecule has 0 bridgehead atoms. The molecule has 1 aliphatic rings. The van der Waals surface area contributed by atoms with Crippen LogP contribution in [0.4, 0.5) is 0 Å². The predicted molar refractivity (Wildman–Crippen MR) is 108 cm³/mol. The summed E-state index contributed by atoms with van der Waals surface area (Å²) in [5, 5.41) is 12.9. The molecule has 0 unspecified atom stereocenters. The minimum absolute atomic E-state index is 0.215. The second-order valence-electron chi connectivity index (χ2n) is 7.37. The third-order valence-corrected chi connectivity index (χ3v) is 5.70. The van der Waals surface area contributed by atoms with Gasteiger partial charge in [0.05, 0.1) is 10.9 Å². The molecule has 1 amide bonds. The van der Waals surface area contributed by atoms with E-state index >= 15 is 0 Å². The van der Waals surface area contributed by atoms with Crippen LogP contribution in [0.2, 0.25) is 5.02 Å². The van der Waals surface area contributed by atoms with Crippen LogP contribution in [-0.4, -0.2) is 30.1 Å². The fraction of sp³-hybridized carbons (Fsp3) is 0.476. The second-order valence-corrected chi connectivity index (χ2v) is 7.78. The van der Waals surface area contributed by atoms with Crippen molar-refractivity contribution >= 4 is 34.4 Å². The Balaban J connectivity index is 1.55. The van der Waals surface area contributed by atoms with Gasteiger partial charge in [-0.3, -0.25) is 9.59 Å². The zero-order valence-electron chi connectivity index (χ0n) is 16.2. The summed E-state index contributed by atoms with van der Waals surface area (Å²) < 4.78 is 10.7. The standard InChI is InChI=1S/C21H24ClNO6/c1-2-13-7-20(25)29-17-9-18(16(22)8-15(13)17)28-11-19(24)23-10-12-3-5-14(6-4-12)21(26)27/h7-9,12,14H,2-6,10-11H2,1H3,(H,23,24)(H,26,27). The third-order valence-electron chi connectivity index (χ3n) is 5.41. The van der Waals surface area contributed by atoms with Gasteiger partial charge in [-0.2, -0.15) is 0 Å². The largest absolute Gasteiger partial charge is 0.482 e. The zero-order chi connectivity index (χ0) is 21.0. The monoisotopic (exact) mass is 421 g/mol. The van der Waals surface area contributed by atoms with Gasteiger partial charge in [-0.25, -0.2) is 4.79 Å². The van der Waals surface area contributed by atoms with Gasteiger partial charge in [0.2, 0.25) is 0 Å². The van der Waals surface area contributed by atoms with Crippen molar-refractivity contribution in [1.82, 2.24) is 5.32 Å². The van der Waals surface area contributed by atoms with E-state index in [1.54, 1.807) is 6.07 Å². The third kappa shape index (κ3) is 5.29. The SMILES string of the molecule is CCc1cc(=O)oc2cc(OCC(=O)NCC3CCC(C(=O)O)CC3)c(Cl)cc12. The summed E-state index contributed by atoms with van der Waals surface area (Å²) in [6.45, 7) is 2.22. The minimum Gasteiger partial charge on any atom is -0.482 e. The van der Waals surface area contributed by atoms with Gasteiger partial charge in [-0.15, -0.1) is 0 Å². The summed E-state index contributed by atoms with van der Waals surface area (Å²) in [7, 11) is 0. The van der Waals surface area contributed by atoms with E-state index in [2.05, 4.69) is 5.32 Å². The highest BCUT2D eigenvalue weighted by atomic mass is 35.5. The van der Waals surface area contributed by atoms with E-state index in [4.69, 9.17) is 25.9 Å². The Morgan fingerprint density at radius 1 is 1.24 bits per heavy atom. The van der Waals surface area contributed by atoms with Crippen LogP contribution >= 0.6 is 11.6 Å². The lowest BCUT2D eigenvalue weighted by Gasteiger charge is -2.26. The van der Waals surface area contributed by atoms with Crippen LogP contribution in [0.3, 0.4) is 0 Å². The molecule has 0 atom stereocenters. The lowest BCUT2D eigenvalue weighted by molar-refractivity contribution is -0.143. The fourth-order valence-corrected chi connectivity index (χ4v) is 3.92. The molecule has 1 fully saturated rings. The fourth-order valence-electron chi connectivity index (χ4n) is 3.70. The van der Waals surface area contributed by atoms with Gasteiger partial charge < -0.3 is 19.6 Å². The molecule has 1 aromatic heterocycles. The average Bonchev–Trinajstić information content (AvgIpc) is 2.70. The maximum Gasteiger partial charge on any atom is 0.336 e. The smallest absolute Gasteiger partial charge is 0.336 e. The molecule has 1 aromatic carbocycles. The molecule has 1 heterocycles. The van der Waals surface area contributed by atoms with Crippen LogP contribution in [0.25, 0.3) is 11.0 Å². The van der Waals surface area contributed by atoms with E-state index in [-0.39, 0.29) is 30.1 Å². The molecule has 2 aromatic rings. The highest BCUT2D eigenvalue weighted by molar-refractivity contribution is 6.32. The minimum atomic E-state index is -0.741. The van der Waals surface area contributed by atoms with Crippen molar-refractivity contribution in [1.29, 1.82) is 0 Å². The van der Waals surface area contributed by atoms with Gasteiger partial charge >= 0.3 is 11.6 Å². The van der Waals surface area contributed by atoms with Gasteiger partial charge in [-0.05, 0) is 49.7 Å². The summed E-state index contributed by atoms with van der Waals surface area (Å²) in [4.78, 5) is 34.8. The number of halogens is 1. The van der Waals surface area contributed by atoms with Crippen molar-refractivity contribution in [2.24, 2.45) is 11.8 Å². The van der Waals surface area contributed by atoms with Crippen molar-refractivity contribution < 1.29 is 23.8 Å². The van der Waals surface area contributed by atoms with Crippen molar-refractivity contribution in [3.8, 4) is 5.75 Å². The summed E-state index contributed by atoms with van der Waals surface area (Å²) in [6.07, 6.45) is 3.52. The average molecular weight is 422 g/mol. The molecule has 7 nitrogen and oxygen atoms in total. The van der Waals surface area contributed by atoms with Gasteiger partial charge in [0.25, 0.3) is 5.91 Å². The molecule has 2 N–H and O–H groups in total. The van der Waals surface area contributed by atoms with Crippen molar-refractivity contribution in [3.05, 3.63) is 39.2 Å². The molecular formula is C21H24ClNO6. The number of carbonyl (C=O) groups excluding carboxylic acids is 1. The molecule has 0 spiro atoms. The Labute approximate surface area is 173 Å². The number of rotatable bonds is 7. The first-order valence-corrected chi connectivity index (χ1v) is 10.1. The summed E-state index contributed by atoms with van der Waals surface area (Å²) in [6, 6.07) is 4.64. The Morgan fingerprint density at radius 2 is 1.97 bits per heavy atom. The first-order valence-electron chi connectivity index (χ1n) is 9.76. The predicted octanol–water partition coefficient (Wildman–Crippen LogP) is 3.39. The molecule has 3 rings (SSSR count). The van der Waals surface area contributed by atoms with E-state index in [1.165, 1.54) is 12.1 Å². The van der Waals surface area contributed by atoms with Crippen molar-refractivity contribution in [2.75, 3.05) is 13.2 Å². The Kier molecular flexibility index (Phi) is 6.79. The van der Waals surface area contributed by atoms with E-state index < -0.39 is 11.6 Å². The topological polar surface area (TPSA) is 106 Å². The number of fused-ring (bicyclic) bond motifs is 1. The van der Waals surface area contributed by atoms with Gasteiger partial charge in [0.15, 0.2) is 6.61 Å². The van der Waals surface area contributed by atoms with E-state index in [0.717, 1.165) is 23.8 Å². The number of carboxylic acid groups (broad SMARTS) is 1. The van der Waals surface area contributed by atoms with Crippen LogP contribution in [-0.2, 0) is 16.0 Å². The highest BCUT2D eigenvalue weighted by Gasteiger charge is 2.26. The Bertz CT molecular complexity index is 962. The lowest BCUT2D eigenvalue weighted by Crippen LogP contribution is -2.35. The van der Waals surface area contributed by atoms with E-state index in [0.29, 0.717) is 36.4 Å². The van der Waals surface area contributed by atoms with E-state index in [1.807, 2.05) is 6.92 Å². The number of nitrogens with one attached hydrogen (secondary N) is 1. The first kappa shape index (κ1) is 21.2. The van der Waals surface area contributed by atoms with Gasteiger partial charge in [0, 0.05) is 24.1 Å². The number of ether oxygens (including phenoxy) is 1. The maximum atomic E-state index is 12.1. The van der Waals surface area contributed by atoms with Gasteiger partial charge in [0.1, 0.15) is 11.3 Å².